The fourth-order valence-corrected chi connectivity index (χ4v) is 5.62. The second kappa shape index (κ2) is 7.61. The van der Waals surface area contributed by atoms with E-state index in [1.165, 1.54) is 21.8 Å². The molecule has 1 aromatic heterocycles. The van der Waals surface area contributed by atoms with Gasteiger partial charge in [-0.2, -0.15) is 0 Å². The van der Waals surface area contributed by atoms with Gasteiger partial charge >= 0.3 is 0 Å². The first-order chi connectivity index (χ1) is 13.0. The molecule has 3 rings (SSSR count). The second-order valence-electron chi connectivity index (χ2n) is 8.70. The number of carbonyl (C=O) groups is 1. The van der Waals surface area contributed by atoms with Crippen LogP contribution in [0.2, 0.25) is 0 Å². The van der Waals surface area contributed by atoms with E-state index >= 15 is 0 Å². The van der Waals surface area contributed by atoms with Gasteiger partial charge in [-0.1, -0.05) is 39.8 Å². The first-order valence-corrected chi connectivity index (χ1v) is 11.8. The molecule has 0 spiro atoms. The lowest BCUT2D eigenvalue weighted by molar-refractivity contribution is 0.0949. The first-order valence-electron chi connectivity index (χ1n) is 9.52. The SMILES string of the molecule is Cc1ccc(C(C)(C)C)cc1S(=O)(=O)NNC(=O)c1cc2c(s1)CC[C@H](C)C2. The molecule has 0 radical (unpaired) electrons. The Balaban J connectivity index is 1.76. The molecule has 1 amide bonds. The van der Waals surface area contributed by atoms with Crippen molar-refractivity contribution >= 4 is 27.3 Å². The molecule has 1 aromatic carbocycles. The first kappa shape index (κ1) is 21.0. The Bertz CT molecular complexity index is 1000. The molecule has 0 aliphatic heterocycles. The largest absolute Gasteiger partial charge is 0.276 e. The molecule has 0 bridgehead atoms. The van der Waals surface area contributed by atoms with Crippen molar-refractivity contribution in [2.45, 2.75) is 64.2 Å². The topological polar surface area (TPSA) is 75.3 Å². The van der Waals surface area contributed by atoms with E-state index in [2.05, 4.69) is 17.2 Å². The number of sulfonamides is 1. The summed E-state index contributed by atoms with van der Waals surface area (Å²) in [5.41, 5.74) is 4.97. The molecule has 5 nitrogen and oxygen atoms in total. The van der Waals surface area contributed by atoms with Crippen molar-refractivity contribution < 1.29 is 13.2 Å². The molecule has 1 heterocycles. The third kappa shape index (κ3) is 4.47. The summed E-state index contributed by atoms with van der Waals surface area (Å²) in [4.78, 5) is 16.7. The number of amides is 1. The van der Waals surface area contributed by atoms with E-state index in [1.54, 1.807) is 19.1 Å². The lowest BCUT2D eigenvalue weighted by Gasteiger charge is -2.21. The normalized spacial score (nSPS) is 17.2. The van der Waals surface area contributed by atoms with Crippen molar-refractivity contribution in [1.29, 1.82) is 0 Å². The number of carbonyl (C=O) groups excluding carboxylic acids is 1. The minimum atomic E-state index is -3.86. The van der Waals surface area contributed by atoms with Crippen LogP contribution in [0.25, 0.3) is 0 Å². The highest BCUT2D eigenvalue weighted by Crippen LogP contribution is 2.32. The number of aryl methyl sites for hydroxylation is 2. The van der Waals surface area contributed by atoms with E-state index in [0.29, 0.717) is 16.4 Å². The third-order valence-electron chi connectivity index (χ3n) is 5.20. The fraction of sp³-hybridized carbons (Fsp3) is 0.476. The van der Waals surface area contributed by atoms with Crippen LogP contribution in [0.15, 0.2) is 29.2 Å². The average molecular weight is 421 g/mol. The van der Waals surface area contributed by atoms with Crippen molar-refractivity contribution in [2.24, 2.45) is 5.92 Å². The number of hydrazine groups is 1. The Morgan fingerprint density at radius 2 is 1.93 bits per heavy atom. The second-order valence-corrected chi connectivity index (χ2v) is 11.5. The van der Waals surface area contributed by atoms with Gasteiger partial charge in [0.15, 0.2) is 0 Å². The molecule has 7 heteroatoms. The zero-order chi connectivity index (χ0) is 20.7. The molecule has 0 fully saturated rings. The lowest BCUT2D eigenvalue weighted by Crippen LogP contribution is -2.41. The van der Waals surface area contributed by atoms with Gasteiger partial charge in [0.1, 0.15) is 0 Å². The van der Waals surface area contributed by atoms with Crippen LogP contribution in [-0.4, -0.2) is 14.3 Å². The van der Waals surface area contributed by atoms with E-state index < -0.39 is 15.9 Å². The molecule has 2 aromatic rings. The molecule has 0 unspecified atom stereocenters. The molecule has 28 heavy (non-hydrogen) atoms. The molecule has 1 aliphatic rings. The number of fused-ring (bicyclic) bond motifs is 1. The Morgan fingerprint density at radius 3 is 2.61 bits per heavy atom. The molecule has 0 saturated carbocycles. The van der Waals surface area contributed by atoms with Crippen molar-refractivity contribution in [1.82, 2.24) is 10.3 Å². The summed E-state index contributed by atoms with van der Waals surface area (Å²) in [6.45, 7) is 10.0. The summed E-state index contributed by atoms with van der Waals surface area (Å²) in [7, 11) is -3.86. The number of rotatable bonds is 4. The van der Waals surface area contributed by atoms with Crippen LogP contribution in [0.5, 0.6) is 0 Å². The van der Waals surface area contributed by atoms with Crippen LogP contribution in [0, 0.1) is 12.8 Å². The summed E-state index contributed by atoms with van der Waals surface area (Å²) in [6, 6.07) is 7.30. The van der Waals surface area contributed by atoms with E-state index in [1.807, 2.05) is 32.9 Å². The Hall–Kier alpha value is -1.70. The van der Waals surface area contributed by atoms with Gasteiger partial charge in [0, 0.05) is 4.88 Å². The standard InChI is InChI=1S/C21H28N2O3S2/c1-13-6-9-17-15(10-13)11-18(27-17)20(24)22-23-28(25,26)19-12-16(21(3,4)5)8-7-14(19)2/h7-8,11-13,23H,6,9-10H2,1-5H3,(H,22,24)/t13-/m0/s1. The number of benzene rings is 1. The molecule has 0 saturated heterocycles. The lowest BCUT2D eigenvalue weighted by atomic mass is 9.87. The van der Waals surface area contributed by atoms with E-state index in [4.69, 9.17) is 0 Å². The van der Waals surface area contributed by atoms with Gasteiger partial charge in [-0.3, -0.25) is 10.2 Å². The summed E-state index contributed by atoms with van der Waals surface area (Å²) in [5.74, 6) is 0.204. The van der Waals surface area contributed by atoms with Crippen molar-refractivity contribution in [2.75, 3.05) is 0 Å². The molecule has 2 N–H and O–H groups in total. The zero-order valence-electron chi connectivity index (χ0n) is 17.0. The molecular formula is C21H28N2O3S2. The van der Waals surface area contributed by atoms with Gasteiger partial charge in [0.05, 0.1) is 9.77 Å². The van der Waals surface area contributed by atoms with Gasteiger partial charge < -0.3 is 0 Å². The van der Waals surface area contributed by atoms with E-state index in [0.717, 1.165) is 24.8 Å². The average Bonchev–Trinajstić information content (AvgIpc) is 3.02. The maximum atomic E-state index is 12.8. The molecule has 1 atom stereocenters. The van der Waals surface area contributed by atoms with Crippen LogP contribution in [0.3, 0.4) is 0 Å². The van der Waals surface area contributed by atoms with Gasteiger partial charge in [-0.05, 0) is 66.3 Å². The number of nitrogens with one attached hydrogen (secondary N) is 2. The summed E-state index contributed by atoms with van der Waals surface area (Å²) < 4.78 is 25.6. The molecular weight excluding hydrogens is 392 g/mol. The minimum Gasteiger partial charge on any atom is -0.273 e. The number of thiophene rings is 1. The molecule has 152 valence electrons. The highest BCUT2D eigenvalue weighted by atomic mass is 32.2. The van der Waals surface area contributed by atoms with Crippen LogP contribution < -0.4 is 10.3 Å². The monoisotopic (exact) mass is 420 g/mol. The predicted octanol–water partition coefficient (Wildman–Crippen LogP) is 4.10. The summed E-state index contributed by atoms with van der Waals surface area (Å²) in [6.07, 6.45) is 3.09. The number of hydrogen-bond donors (Lipinski definition) is 2. The summed E-state index contributed by atoms with van der Waals surface area (Å²) in [5, 5.41) is 0. The van der Waals surface area contributed by atoms with Gasteiger partial charge in [0.25, 0.3) is 15.9 Å². The van der Waals surface area contributed by atoms with Crippen molar-refractivity contribution in [3.8, 4) is 0 Å². The Morgan fingerprint density at radius 1 is 1.21 bits per heavy atom. The Labute approximate surface area is 171 Å². The van der Waals surface area contributed by atoms with Crippen LogP contribution >= 0.6 is 11.3 Å². The zero-order valence-corrected chi connectivity index (χ0v) is 18.7. The summed E-state index contributed by atoms with van der Waals surface area (Å²) >= 11 is 1.45. The molecule has 1 aliphatic carbocycles. The van der Waals surface area contributed by atoms with Crippen LogP contribution in [-0.2, 0) is 28.3 Å². The quantitative estimate of drug-likeness (QED) is 0.731. The maximum absolute atomic E-state index is 12.8. The van der Waals surface area contributed by atoms with Gasteiger partial charge in [-0.25, -0.2) is 8.42 Å². The van der Waals surface area contributed by atoms with Gasteiger partial charge in [-0.15, -0.1) is 16.2 Å². The maximum Gasteiger partial charge on any atom is 0.276 e. The number of hydrogen-bond acceptors (Lipinski definition) is 4. The van der Waals surface area contributed by atoms with E-state index in [9.17, 15) is 13.2 Å². The minimum absolute atomic E-state index is 0.172. The van der Waals surface area contributed by atoms with E-state index in [-0.39, 0.29) is 10.3 Å². The smallest absolute Gasteiger partial charge is 0.273 e. The van der Waals surface area contributed by atoms with Crippen LogP contribution in [0.4, 0.5) is 0 Å². The highest BCUT2D eigenvalue weighted by Gasteiger charge is 2.24. The van der Waals surface area contributed by atoms with Crippen molar-refractivity contribution in [3.63, 3.8) is 0 Å². The van der Waals surface area contributed by atoms with Crippen molar-refractivity contribution in [3.05, 3.63) is 50.7 Å². The Kier molecular flexibility index (Phi) is 5.71. The third-order valence-corrected chi connectivity index (χ3v) is 7.82. The van der Waals surface area contributed by atoms with Gasteiger partial charge in [0.2, 0.25) is 0 Å². The van der Waals surface area contributed by atoms with Crippen LogP contribution in [0.1, 0.15) is 65.4 Å². The predicted molar refractivity (Wildman–Crippen MR) is 113 cm³/mol. The highest BCUT2D eigenvalue weighted by molar-refractivity contribution is 7.89. The fourth-order valence-electron chi connectivity index (χ4n) is 3.40.